The van der Waals surface area contributed by atoms with Crippen molar-refractivity contribution in [1.82, 2.24) is 4.57 Å². The monoisotopic (exact) mass is 167 g/mol. The Morgan fingerprint density at radius 2 is 2.00 bits per heavy atom. The lowest BCUT2D eigenvalue weighted by molar-refractivity contribution is -0.700. The second-order valence-corrected chi connectivity index (χ2v) is 3.07. The van der Waals surface area contributed by atoms with E-state index in [0.717, 1.165) is 19.5 Å². The second-order valence-electron chi connectivity index (χ2n) is 3.07. The van der Waals surface area contributed by atoms with E-state index in [2.05, 4.69) is 43.0 Å². The average molecular weight is 167 g/mol. The zero-order valence-corrected chi connectivity index (χ0v) is 8.59. The van der Waals surface area contributed by atoms with Crippen molar-refractivity contribution in [3.8, 4) is 0 Å². The molecule has 1 aromatic heterocycles. The first-order valence-corrected chi connectivity index (χ1v) is 4.83. The molecule has 0 spiro atoms. The standard InChI is InChI=1S/C10H19N2/c1-5-10-11(6-2)8-9(4)12(10)7-3/h8H,5-7H2,1-4H3/q+1. The van der Waals surface area contributed by atoms with Crippen molar-refractivity contribution in [3.63, 3.8) is 0 Å². The summed E-state index contributed by atoms with van der Waals surface area (Å²) in [6.07, 6.45) is 3.36. The van der Waals surface area contributed by atoms with Crippen molar-refractivity contribution in [1.29, 1.82) is 0 Å². The summed E-state index contributed by atoms with van der Waals surface area (Å²) in [5, 5.41) is 0. The molecule has 0 radical (unpaired) electrons. The molecule has 0 atom stereocenters. The molecule has 2 nitrogen and oxygen atoms in total. The molecule has 0 bridgehead atoms. The van der Waals surface area contributed by atoms with Gasteiger partial charge in [0.2, 0.25) is 0 Å². The van der Waals surface area contributed by atoms with Crippen LogP contribution in [0.4, 0.5) is 0 Å². The predicted octanol–water partition coefficient (Wildman–Crippen LogP) is 1.69. The molecule has 1 aromatic rings. The molecule has 1 rings (SSSR count). The molecule has 68 valence electrons. The van der Waals surface area contributed by atoms with E-state index in [9.17, 15) is 0 Å². The number of hydrogen-bond donors (Lipinski definition) is 0. The second kappa shape index (κ2) is 3.74. The molecule has 0 aliphatic carbocycles. The van der Waals surface area contributed by atoms with Gasteiger partial charge < -0.3 is 0 Å². The Morgan fingerprint density at radius 3 is 2.42 bits per heavy atom. The molecule has 2 heteroatoms. The number of aryl methyl sites for hydroxylation is 2. The van der Waals surface area contributed by atoms with Crippen LogP contribution in [0.25, 0.3) is 0 Å². The highest BCUT2D eigenvalue weighted by Gasteiger charge is 2.15. The summed E-state index contributed by atoms with van der Waals surface area (Å²) < 4.78 is 4.71. The quantitative estimate of drug-likeness (QED) is 0.606. The Morgan fingerprint density at radius 1 is 1.33 bits per heavy atom. The molecule has 0 N–H and O–H groups in total. The van der Waals surface area contributed by atoms with Crippen LogP contribution in [0.2, 0.25) is 0 Å². The minimum Gasteiger partial charge on any atom is -0.234 e. The summed E-state index contributed by atoms with van der Waals surface area (Å²) in [7, 11) is 0. The van der Waals surface area contributed by atoms with Gasteiger partial charge in [0.25, 0.3) is 5.82 Å². The van der Waals surface area contributed by atoms with Crippen LogP contribution in [0.3, 0.4) is 0 Å². The normalized spacial score (nSPS) is 10.7. The van der Waals surface area contributed by atoms with E-state index in [-0.39, 0.29) is 0 Å². The van der Waals surface area contributed by atoms with Crippen molar-refractivity contribution in [2.24, 2.45) is 0 Å². The molecule has 0 fully saturated rings. The molecule has 0 amide bonds. The highest BCUT2D eigenvalue weighted by atomic mass is 15.2. The number of hydrogen-bond acceptors (Lipinski definition) is 0. The highest BCUT2D eigenvalue weighted by Crippen LogP contribution is 2.02. The third-order valence-electron chi connectivity index (χ3n) is 2.38. The van der Waals surface area contributed by atoms with Crippen molar-refractivity contribution >= 4 is 0 Å². The van der Waals surface area contributed by atoms with Gasteiger partial charge in [-0.3, -0.25) is 0 Å². The van der Waals surface area contributed by atoms with E-state index in [0.29, 0.717) is 0 Å². The van der Waals surface area contributed by atoms with Crippen molar-refractivity contribution in [2.75, 3.05) is 0 Å². The number of aromatic nitrogens is 2. The molecule has 0 unspecified atom stereocenters. The first-order chi connectivity index (χ1) is 5.74. The number of imidazole rings is 1. The van der Waals surface area contributed by atoms with Crippen LogP contribution >= 0.6 is 0 Å². The number of rotatable bonds is 3. The summed E-state index contributed by atoms with van der Waals surface area (Å²) in [5.41, 5.74) is 1.37. The molecule has 0 aromatic carbocycles. The fourth-order valence-electron chi connectivity index (χ4n) is 1.83. The van der Waals surface area contributed by atoms with Gasteiger partial charge in [0.1, 0.15) is 11.9 Å². The Balaban J connectivity index is 3.16. The Hall–Kier alpha value is -0.790. The van der Waals surface area contributed by atoms with E-state index >= 15 is 0 Å². The van der Waals surface area contributed by atoms with Crippen LogP contribution in [0.5, 0.6) is 0 Å². The summed E-state index contributed by atoms with van der Waals surface area (Å²) in [6, 6.07) is 0. The molecular weight excluding hydrogens is 148 g/mol. The smallest absolute Gasteiger partial charge is 0.234 e. The van der Waals surface area contributed by atoms with Crippen molar-refractivity contribution in [2.45, 2.75) is 47.2 Å². The largest absolute Gasteiger partial charge is 0.256 e. The minimum atomic E-state index is 1.08. The van der Waals surface area contributed by atoms with Gasteiger partial charge in [-0.15, -0.1) is 0 Å². The summed E-state index contributed by atoms with van der Waals surface area (Å²) in [4.78, 5) is 0. The zero-order chi connectivity index (χ0) is 9.14. The first-order valence-electron chi connectivity index (χ1n) is 4.83. The average Bonchev–Trinajstić information content (AvgIpc) is 2.40. The third kappa shape index (κ3) is 1.38. The minimum absolute atomic E-state index is 1.08. The van der Waals surface area contributed by atoms with Gasteiger partial charge in [0, 0.05) is 13.3 Å². The molecule has 0 aliphatic rings. The van der Waals surface area contributed by atoms with Crippen LogP contribution in [0, 0.1) is 6.92 Å². The lowest BCUT2D eigenvalue weighted by Gasteiger charge is -1.98. The molecule has 1 heterocycles. The summed E-state index contributed by atoms with van der Waals surface area (Å²) in [5.74, 6) is 1.44. The van der Waals surface area contributed by atoms with Gasteiger partial charge >= 0.3 is 0 Å². The van der Waals surface area contributed by atoms with Gasteiger partial charge in [0.05, 0.1) is 13.1 Å². The van der Waals surface area contributed by atoms with Gasteiger partial charge in [0.15, 0.2) is 0 Å². The van der Waals surface area contributed by atoms with Gasteiger partial charge in [-0.1, -0.05) is 6.92 Å². The van der Waals surface area contributed by atoms with E-state index in [4.69, 9.17) is 0 Å². The Labute approximate surface area is 74.8 Å². The summed E-state index contributed by atoms with van der Waals surface area (Å²) in [6.45, 7) is 11.0. The van der Waals surface area contributed by atoms with Crippen LogP contribution in [-0.4, -0.2) is 4.57 Å². The SMILES string of the molecule is CCc1n(CC)c(C)c[n+]1CC. The van der Waals surface area contributed by atoms with E-state index in [1.165, 1.54) is 11.5 Å². The Kier molecular flexibility index (Phi) is 2.90. The first kappa shape index (κ1) is 9.30. The van der Waals surface area contributed by atoms with E-state index in [1.54, 1.807) is 0 Å². The lowest BCUT2D eigenvalue weighted by atomic mass is 10.4. The zero-order valence-electron chi connectivity index (χ0n) is 8.59. The Bertz CT molecular complexity index is 261. The molecule has 0 aliphatic heterocycles. The van der Waals surface area contributed by atoms with Crippen LogP contribution in [-0.2, 0) is 19.5 Å². The van der Waals surface area contributed by atoms with E-state index < -0.39 is 0 Å². The molecule has 12 heavy (non-hydrogen) atoms. The number of nitrogens with zero attached hydrogens (tertiary/aromatic N) is 2. The van der Waals surface area contributed by atoms with Crippen LogP contribution in [0.15, 0.2) is 6.20 Å². The third-order valence-corrected chi connectivity index (χ3v) is 2.38. The van der Waals surface area contributed by atoms with Crippen LogP contribution in [0.1, 0.15) is 32.3 Å². The van der Waals surface area contributed by atoms with Gasteiger partial charge in [-0.05, 0) is 13.8 Å². The topological polar surface area (TPSA) is 8.81 Å². The maximum absolute atomic E-state index is 2.38. The van der Waals surface area contributed by atoms with E-state index in [1.807, 2.05) is 0 Å². The molecular formula is C10H19N2+. The van der Waals surface area contributed by atoms with Crippen molar-refractivity contribution < 1.29 is 4.57 Å². The highest BCUT2D eigenvalue weighted by molar-refractivity contribution is 4.96. The predicted molar refractivity (Wildman–Crippen MR) is 50.1 cm³/mol. The fourth-order valence-corrected chi connectivity index (χ4v) is 1.83. The van der Waals surface area contributed by atoms with Gasteiger partial charge in [-0.2, -0.15) is 0 Å². The van der Waals surface area contributed by atoms with Crippen molar-refractivity contribution in [3.05, 3.63) is 17.7 Å². The van der Waals surface area contributed by atoms with Crippen LogP contribution < -0.4 is 4.57 Å². The summed E-state index contributed by atoms with van der Waals surface area (Å²) >= 11 is 0. The molecule has 0 saturated carbocycles. The maximum atomic E-state index is 2.38. The lowest BCUT2D eigenvalue weighted by Crippen LogP contribution is -2.35. The maximum Gasteiger partial charge on any atom is 0.256 e. The fraction of sp³-hybridized carbons (Fsp3) is 0.700. The molecule has 0 saturated heterocycles. The van der Waals surface area contributed by atoms with Gasteiger partial charge in [-0.25, -0.2) is 9.13 Å².